The van der Waals surface area contributed by atoms with Gasteiger partial charge in [-0.15, -0.1) is 0 Å². The number of carbonyl (C=O) groups excluding carboxylic acids is 1. The van der Waals surface area contributed by atoms with E-state index in [-0.39, 0.29) is 17.4 Å². The van der Waals surface area contributed by atoms with Gasteiger partial charge in [-0.3, -0.25) is 9.48 Å². The molecule has 0 saturated carbocycles. The number of pyridine rings is 1. The van der Waals surface area contributed by atoms with Crippen molar-refractivity contribution in [3.05, 3.63) is 59.5 Å². The highest BCUT2D eigenvalue weighted by atomic mass is 16.5. The first-order valence-corrected chi connectivity index (χ1v) is 10.3. The van der Waals surface area contributed by atoms with Gasteiger partial charge in [-0.25, -0.2) is 4.98 Å². The van der Waals surface area contributed by atoms with E-state index in [0.717, 1.165) is 11.3 Å². The van der Waals surface area contributed by atoms with E-state index in [1.807, 2.05) is 35.9 Å². The van der Waals surface area contributed by atoms with Gasteiger partial charge in [0.15, 0.2) is 17.2 Å². The molecule has 0 radical (unpaired) electrons. The number of carbonyl (C=O) groups is 1. The number of nitrogens with zero attached hydrogens (tertiary/aromatic N) is 3. The van der Waals surface area contributed by atoms with Crippen LogP contribution in [0.3, 0.4) is 0 Å². The van der Waals surface area contributed by atoms with Crippen molar-refractivity contribution in [3.8, 4) is 17.4 Å². The molecule has 0 atom stereocenters. The number of amides is 1. The molecule has 1 aromatic carbocycles. The highest BCUT2D eigenvalue weighted by Crippen LogP contribution is 2.31. The number of hydrogen-bond donors (Lipinski definition) is 1. The molecular weight excluding hydrogens is 392 g/mol. The molecule has 0 bridgehead atoms. The monoisotopic (exact) mass is 422 g/mol. The van der Waals surface area contributed by atoms with Crippen LogP contribution in [0.1, 0.15) is 62.3 Å². The molecule has 7 heteroatoms. The van der Waals surface area contributed by atoms with Gasteiger partial charge in [0, 0.05) is 11.8 Å². The first kappa shape index (κ1) is 22.3. The second-order valence-electron chi connectivity index (χ2n) is 8.79. The Bertz CT molecular complexity index is 1060. The van der Waals surface area contributed by atoms with E-state index in [1.54, 1.807) is 25.4 Å². The standard InChI is InChI=1S/C24H30N4O3/c1-15(2)19-13-18(27-28(19)24(4,5)6)23(29)26-17-9-11-22(25-14-17)31-20-10-8-16(3)12-21(20)30-7/h8-15H,1-7H3,(H,26,29). The number of hydrogen-bond acceptors (Lipinski definition) is 5. The molecule has 0 unspecified atom stereocenters. The first-order valence-electron chi connectivity index (χ1n) is 10.3. The maximum Gasteiger partial charge on any atom is 0.276 e. The fourth-order valence-electron chi connectivity index (χ4n) is 3.14. The van der Waals surface area contributed by atoms with E-state index in [0.29, 0.717) is 28.8 Å². The number of methoxy groups -OCH3 is 1. The molecule has 2 aromatic heterocycles. The molecule has 1 amide bonds. The molecule has 0 aliphatic heterocycles. The van der Waals surface area contributed by atoms with E-state index < -0.39 is 0 Å². The zero-order chi connectivity index (χ0) is 22.8. The first-order chi connectivity index (χ1) is 14.6. The van der Waals surface area contributed by atoms with Crippen LogP contribution in [0.25, 0.3) is 0 Å². The Morgan fingerprint density at radius 3 is 2.39 bits per heavy atom. The van der Waals surface area contributed by atoms with Crippen LogP contribution in [0, 0.1) is 6.92 Å². The predicted molar refractivity (Wildman–Crippen MR) is 121 cm³/mol. The molecular formula is C24H30N4O3. The lowest BCUT2D eigenvalue weighted by Crippen LogP contribution is -2.26. The van der Waals surface area contributed by atoms with Crippen molar-refractivity contribution in [2.24, 2.45) is 0 Å². The minimum atomic E-state index is -0.277. The van der Waals surface area contributed by atoms with Crippen LogP contribution in [-0.2, 0) is 5.54 Å². The Hall–Kier alpha value is -3.35. The average Bonchev–Trinajstić information content (AvgIpc) is 3.17. The van der Waals surface area contributed by atoms with Crippen molar-refractivity contribution in [3.63, 3.8) is 0 Å². The summed E-state index contributed by atoms with van der Waals surface area (Å²) < 4.78 is 13.1. The van der Waals surface area contributed by atoms with Crippen molar-refractivity contribution < 1.29 is 14.3 Å². The molecule has 31 heavy (non-hydrogen) atoms. The topological polar surface area (TPSA) is 78.3 Å². The van der Waals surface area contributed by atoms with Gasteiger partial charge in [0.1, 0.15) is 0 Å². The normalized spacial score (nSPS) is 11.5. The predicted octanol–water partition coefficient (Wildman–Crippen LogP) is 5.52. The van der Waals surface area contributed by atoms with Crippen molar-refractivity contribution >= 4 is 11.6 Å². The fourth-order valence-corrected chi connectivity index (χ4v) is 3.14. The minimum Gasteiger partial charge on any atom is -0.493 e. The summed E-state index contributed by atoms with van der Waals surface area (Å²) in [6.45, 7) is 12.4. The number of ether oxygens (including phenoxy) is 2. The second-order valence-corrected chi connectivity index (χ2v) is 8.79. The van der Waals surface area contributed by atoms with E-state index in [4.69, 9.17) is 9.47 Å². The Labute approximate surface area is 183 Å². The number of anilines is 1. The van der Waals surface area contributed by atoms with Gasteiger partial charge in [0.2, 0.25) is 5.88 Å². The van der Waals surface area contributed by atoms with Crippen molar-refractivity contribution in [2.45, 2.75) is 53.0 Å². The van der Waals surface area contributed by atoms with Crippen molar-refractivity contribution in [1.82, 2.24) is 14.8 Å². The summed E-state index contributed by atoms with van der Waals surface area (Å²) in [5.41, 5.74) is 2.82. The molecule has 0 saturated heterocycles. The van der Waals surface area contributed by atoms with E-state index >= 15 is 0 Å². The summed E-state index contributed by atoms with van der Waals surface area (Å²) in [5, 5.41) is 7.40. The molecule has 0 aliphatic rings. The van der Waals surface area contributed by atoms with E-state index in [9.17, 15) is 4.79 Å². The number of nitrogens with one attached hydrogen (secondary N) is 1. The van der Waals surface area contributed by atoms with Gasteiger partial charge in [-0.05, 0) is 63.4 Å². The Kier molecular flexibility index (Phi) is 6.34. The molecule has 3 rings (SSSR count). The van der Waals surface area contributed by atoms with Gasteiger partial charge in [0.05, 0.1) is 24.5 Å². The third kappa shape index (κ3) is 5.23. The second kappa shape index (κ2) is 8.79. The van der Waals surface area contributed by atoms with Crippen LogP contribution in [0.5, 0.6) is 17.4 Å². The van der Waals surface area contributed by atoms with Crippen LogP contribution in [0.15, 0.2) is 42.6 Å². The van der Waals surface area contributed by atoms with E-state index in [1.165, 1.54) is 0 Å². The lowest BCUT2D eigenvalue weighted by molar-refractivity contribution is 0.102. The zero-order valence-corrected chi connectivity index (χ0v) is 19.2. The van der Waals surface area contributed by atoms with Gasteiger partial charge in [0.25, 0.3) is 5.91 Å². The summed E-state index contributed by atoms with van der Waals surface area (Å²) in [5.74, 6) is 1.59. The number of benzene rings is 1. The van der Waals surface area contributed by atoms with Crippen LogP contribution < -0.4 is 14.8 Å². The third-order valence-corrected chi connectivity index (χ3v) is 4.72. The Balaban J connectivity index is 1.74. The molecule has 1 N–H and O–H groups in total. The Morgan fingerprint density at radius 2 is 1.84 bits per heavy atom. The molecule has 0 aliphatic carbocycles. The van der Waals surface area contributed by atoms with Gasteiger partial charge in [-0.1, -0.05) is 19.9 Å². The molecule has 3 aromatic rings. The molecule has 0 spiro atoms. The summed E-state index contributed by atoms with van der Waals surface area (Å²) in [6.07, 6.45) is 1.55. The summed E-state index contributed by atoms with van der Waals surface area (Å²) in [7, 11) is 1.60. The SMILES string of the molecule is COc1cc(C)ccc1Oc1ccc(NC(=O)c2cc(C(C)C)n(C(C)(C)C)n2)cn1. The third-order valence-electron chi connectivity index (χ3n) is 4.72. The summed E-state index contributed by atoms with van der Waals surface area (Å²) in [4.78, 5) is 17.0. The van der Waals surface area contributed by atoms with Crippen LogP contribution in [0.2, 0.25) is 0 Å². The lowest BCUT2D eigenvalue weighted by atomic mass is 10.1. The van der Waals surface area contributed by atoms with Crippen molar-refractivity contribution in [1.29, 1.82) is 0 Å². The smallest absolute Gasteiger partial charge is 0.276 e. The summed E-state index contributed by atoms with van der Waals surface area (Å²) >= 11 is 0. The largest absolute Gasteiger partial charge is 0.493 e. The maximum atomic E-state index is 12.8. The van der Waals surface area contributed by atoms with Crippen LogP contribution in [0.4, 0.5) is 5.69 Å². The number of aryl methyl sites for hydroxylation is 1. The summed E-state index contributed by atoms with van der Waals surface area (Å²) in [6, 6.07) is 11.0. The minimum absolute atomic E-state index is 0.213. The van der Waals surface area contributed by atoms with Gasteiger partial charge >= 0.3 is 0 Å². The zero-order valence-electron chi connectivity index (χ0n) is 19.2. The van der Waals surface area contributed by atoms with E-state index in [2.05, 4.69) is 50.0 Å². The number of aromatic nitrogens is 3. The molecule has 7 nitrogen and oxygen atoms in total. The lowest BCUT2D eigenvalue weighted by Gasteiger charge is -2.23. The van der Waals surface area contributed by atoms with Gasteiger partial charge in [-0.2, -0.15) is 5.10 Å². The fraction of sp³-hybridized carbons (Fsp3) is 0.375. The maximum absolute atomic E-state index is 12.8. The quantitative estimate of drug-likeness (QED) is 0.566. The average molecular weight is 423 g/mol. The van der Waals surface area contributed by atoms with Gasteiger partial charge < -0.3 is 14.8 Å². The van der Waals surface area contributed by atoms with Crippen molar-refractivity contribution in [2.75, 3.05) is 12.4 Å². The van der Waals surface area contributed by atoms with Crippen LogP contribution >= 0.6 is 0 Å². The molecule has 0 fully saturated rings. The molecule has 2 heterocycles. The Morgan fingerprint density at radius 1 is 1.10 bits per heavy atom. The van der Waals surface area contributed by atoms with Crippen LogP contribution in [-0.4, -0.2) is 27.8 Å². The molecule has 164 valence electrons. The highest BCUT2D eigenvalue weighted by molar-refractivity contribution is 6.02. The highest BCUT2D eigenvalue weighted by Gasteiger charge is 2.23. The number of rotatable bonds is 6.